The summed E-state index contributed by atoms with van der Waals surface area (Å²) in [6.07, 6.45) is 13.1. The third-order valence-corrected chi connectivity index (χ3v) is 7.91. The second-order valence-electron chi connectivity index (χ2n) is 9.67. The van der Waals surface area contributed by atoms with Gasteiger partial charge >= 0.3 is 0 Å². The van der Waals surface area contributed by atoms with Gasteiger partial charge in [-0.1, -0.05) is 54.4 Å². The SMILES string of the molecule is C=CC(C)/C=C\C(=C/C)N1CC2CC1CC2OC/C(=C(/N)C1CC1)N(N)c1c(Cl)cccc1Cl. The van der Waals surface area contributed by atoms with Crippen LogP contribution < -0.4 is 16.6 Å². The summed E-state index contributed by atoms with van der Waals surface area (Å²) in [5.41, 5.74) is 9.91. The lowest BCUT2D eigenvalue weighted by Gasteiger charge is -2.35. The third-order valence-electron chi connectivity index (χ3n) is 7.30. The quantitative estimate of drug-likeness (QED) is 0.177. The topological polar surface area (TPSA) is 67.8 Å². The molecule has 0 radical (unpaired) electrons. The lowest BCUT2D eigenvalue weighted by Crippen LogP contribution is -2.40. The zero-order chi connectivity index (χ0) is 24.4. The van der Waals surface area contributed by atoms with E-state index < -0.39 is 0 Å². The molecular formula is C27H36Cl2N4O. The molecule has 4 unspecified atom stereocenters. The zero-order valence-corrected chi connectivity index (χ0v) is 21.6. The van der Waals surface area contributed by atoms with Gasteiger partial charge in [-0.25, -0.2) is 5.84 Å². The van der Waals surface area contributed by atoms with Gasteiger partial charge in [-0.05, 0) is 56.7 Å². The van der Waals surface area contributed by atoms with Crippen LogP contribution in [0.1, 0.15) is 39.5 Å². The molecule has 0 aromatic heterocycles. The number of nitrogens with two attached hydrogens (primary N) is 2. The van der Waals surface area contributed by atoms with Crippen LogP contribution in [0.25, 0.3) is 0 Å². The van der Waals surface area contributed by atoms with Crippen molar-refractivity contribution in [3.8, 4) is 0 Å². The Kier molecular flexibility index (Phi) is 7.98. The number of nitrogens with zero attached hydrogens (tertiary/aromatic N) is 2. The summed E-state index contributed by atoms with van der Waals surface area (Å²) in [7, 11) is 0. The van der Waals surface area contributed by atoms with Gasteiger partial charge in [0.25, 0.3) is 0 Å². The van der Waals surface area contributed by atoms with Gasteiger partial charge in [-0.15, -0.1) is 6.58 Å². The van der Waals surface area contributed by atoms with Crippen molar-refractivity contribution in [1.29, 1.82) is 0 Å². The van der Waals surface area contributed by atoms with Gasteiger partial charge < -0.3 is 15.4 Å². The molecule has 2 aliphatic carbocycles. The number of likely N-dealkylation sites (tertiary alicyclic amines) is 1. The monoisotopic (exact) mass is 502 g/mol. The van der Waals surface area contributed by atoms with Crippen molar-refractivity contribution >= 4 is 28.9 Å². The number of benzene rings is 1. The third kappa shape index (κ3) is 5.33. The minimum Gasteiger partial charge on any atom is -0.400 e. The minimum atomic E-state index is 0.188. The van der Waals surface area contributed by atoms with Crippen molar-refractivity contribution in [3.05, 3.63) is 76.2 Å². The number of allylic oxidation sites excluding steroid dienone is 5. The van der Waals surface area contributed by atoms with E-state index in [9.17, 15) is 0 Å². The Morgan fingerprint density at radius 1 is 1.29 bits per heavy atom. The average Bonchev–Trinajstić information content (AvgIpc) is 3.49. The number of ether oxygens (including phenoxy) is 1. The number of fused-ring (bicyclic) bond motifs is 2. The molecule has 1 aliphatic heterocycles. The van der Waals surface area contributed by atoms with Crippen LogP contribution in [-0.4, -0.2) is 30.2 Å². The van der Waals surface area contributed by atoms with Crippen LogP contribution in [0.3, 0.4) is 0 Å². The number of hydrazine groups is 1. The molecule has 2 bridgehead atoms. The Balaban J connectivity index is 1.43. The van der Waals surface area contributed by atoms with Crippen molar-refractivity contribution in [3.63, 3.8) is 0 Å². The first kappa shape index (κ1) is 25.2. The van der Waals surface area contributed by atoms with Crippen LogP contribution in [0.15, 0.2) is 66.2 Å². The molecule has 4 rings (SSSR count). The highest BCUT2D eigenvalue weighted by Crippen LogP contribution is 2.43. The Hall–Kier alpha value is -1.92. The zero-order valence-electron chi connectivity index (χ0n) is 20.1. The molecule has 0 spiro atoms. The summed E-state index contributed by atoms with van der Waals surface area (Å²) in [6, 6.07) is 5.86. The molecule has 7 heteroatoms. The summed E-state index contributed by atoms with van der Waals surface area (Å²) < 4.78 is 6.47. The number of hydrogen-bond donors (Lipinski definition) is 2. The van der Waals surface area contributed by atoms with Gasteiger partial charge in [-0.2, -0.15) is 0 Å². The second-order valence-corrected chi connectivity index (χ2v) is 10.5. The first-order valence-corrected chi connectivity index (χ1v) is 12.9. The molecule has 3 aliphatic rings. The number of hydrogen-bond acceptors (Lipinski definition) is 5. The maximum atomic E-state index is 6.53. The maximum Gasteiger partial charge on any atom is 0.0945 e. The largest absolute Gasteiger partial charge is 0.400 e. The van der Waals surface area contributed by atoms with E-state index >= 15 is 0 Å². The van der Waals surface area contributed by atoms with E-state index in [0.29, 0.717) is 46.1 Å². The molecule has 1 heterocycles. The number of para-hydroxylation sites is 1. The van der Waals surface area contributed by atoms with Crippen LogP contribution in [0, 0.1) is 17.8 Å². The maximum absolute atomic E-state index is 6.53. The summed E-state index contributed by atoms with van der Waals surface area (Å²) in [4.78, 5) is 2.52. The minimum absolute atomic E-state index is 0.188. The van der Waals surface area contributed by atoms with Crippen molar-refractivity contribution in [2.45, 2.75) is 51.7 Å². The molecular weight excluding hydrogens is 467 g/mol. The van der Waals surface area contributed by atoms with E-state index in [1.165, 1.54) is 10.7 Å². The van der Waals surface area contributed by atoms with Gasteiger partial charge in [-0.3, -0.25) is 5.01 Å². The Morgan fingerprint density at radius 2 is 2.00 bits per heavy atom. The molecule has 4 N–H and O–H groups in total. The summed E-state index contributed by atoms with van der Waals surface area (Å²) >= 11 is 12.9. The smallest absolute Gasteiger partial charge is 0.0945 e. The molecule has 1 aromatic carbocycles. The molecule has 184 valence electrons. The van der Waals surface area contributed by atoms with Gasteiger partial charge in [0, 0.05) is 35.8 Å². The first-order valence-electron chi connectivity index (χ1n) is 12.2. The van der Waals surface area contributed by atoms with Crippen LogP contribution in [0.5, 0.6) is 0 Å². The molecule has 4 atom stereocenters. The Labute approximate surface area is 213 Å². The van der Waals surface area contributed by atoms with Crippen LogP contribution in [0.2, 0.25) is 10.0 Å². The lowest BCUT2D eigenvalue weighted by atomic mass is 10.0. The molecule has 3 fully saturated rings. The van der Waals surface area contributed by atoms with Crippen molar-refractivity contribution in [2.24, 2.45) is 29.3 Å². The number of halogens is 2. The van der Waals surface area contributed by atoms with E-state index in [1.807, 2.05) is 6.08 Å². The standard InChI is InChI=1S/C27H36Cl2N4O/c1-4-17(3)9-12-20(5-2)32-15-19-13-21(32)14-25(19)34-16-24(26(30)18-10-11-18)33(31)27-22(28)7-6-8-23(27)29/h4-9,12,17-19,21,25H,1,10-11,13-16,30-31H2,2-3H3/b12-9-,20-5+,26-24-. The number of piperidine rings is 1. The fourth-order valence-electron chi connectivity index (χ4n) is 5.08. The Morgan fingerprint density at radius 3 is 2.56 bits per heavy atom. The van der Waals surface area contributed by atoms with Crippen molar-refractivity contribution in [1.82, 2.24) is 4.90 Å². The van der Waals surface area contributed by atoms with Crippen molar-refractivity contribution in [2.75, 3.05) is 18.2 Å². The summed E-state index contributed by atoms with van der Waals surface area (Å²) in [5.74, 6) is 7.73. The molecule has 34 heavy (non-hydrogen) atoms. The van der Waals surface area contributed by atoms with Gasteiger partial charge in [0.2, 0.25) is 0 Å². The molecule has 0 amide bonds. The number of anilines is 1. The van der Waals surface area contributed by atoms with Gasteiger partial charge in [0.1, 0.15) is 0 Å². The van der Waals surface area contributed by atoms with Crippen molar-refractivity contribution < 1.29 is 4.74 Å². The predicted molar refractivity (Wildman–Crippen MR) is 142 cm³/mol. The van der Waals surface area contributed by atoms with Crippen LogP contribution >= 0.6 is 23.2 Å². The summed E-state index contributed by atoms with van der Waals surface area (Å²) in [6.45, 7) is 9.47. The Bertz CT molecular complexity index is 980. The fourth-order valence-corrected chi connectivity index (χ4v) is 5.66. The van der Waals surface area contributed by atoms with Gasteiger partial charge in [0.15, 0.2) is 0 Å². The van der Waals surface area contributed by atoms with E-state index in [4.69, 9.17) is 39.5 Å². The average molecular weight is 504 g/mol. The lowest BCUT2D eigenvalue weighted by molar-refractivity contribution is 0.0168. The highest BCUT2D eigenvalue weighted by Gasteiger charge is 2.45. The van der Waals surface area contributed by atoms with E-state index in [2.05, 4.69) is 43.6 Å². The highest BCUT2D eigenvalue weighted by atomic mass is 35.5. The van der Waals surface area contributed by atoms with Gasteiger partial charge in [0.05, 0.1) is 34.1 Å². The summed E-state index contributed by atoms with van der Waals surface area (Å²) in [5, 5.41) is 2.51. The van der Waals surface area contributed by atoms with E-state index in [-0.39, 0.29) is 6.10 Å². The predicted octanol–water partition coefficient (Wildman–Crippen LogP) is 6.02. The van der Waals surface area contributed by atoms with Crippen LogP contribution in [0.4, 0.5) is 5.69 Å². The highest BCUT2D eigenvalue weighted by molar-refractivity contribution is 6.39. The fraction of sp³-hybridized carbons (Fsp3) is 0.481. The molecule has 1 saturated heterocycles. The second kappa shape index (κ2) is 10.8. The molecule has 2 saturated carbocycles. The first-order chi connectivity index (χ1) is 16.3. The van der Waals surface area contributed by atoms with Crippen LogP contribution in [-0.2, 0) is 4.74 Å². The molecule has 5 nitrogen and oxygen atoms in total. The molecule has 1 aromatic rings. The normalized spacial score (nSPS) is 26.2. The number of rotatable bonds is 10. The van der Waals surface area contributed by atoms with E-state index in [0.717, 1.165) is 43.6 Å². The van der Waals surface area contributed by atoms with E-state index in [1.54, 1.807) is 18.2 Å².